The van der Waals surface area contributed by atoms with E-state index in [1.54, 1.807) is 0 Å². The largest absolute Gasteiger partial charge is 0.417 e. The lowest BCUT2D eigenvalue weighted by Crippen LogP contribution is -2.03. The van der Waals surface area contributed by atoms with E-state index in [9.17, 15) is 8.78 Å². The molecule has 2 N–H and O–H groups in total. The minimum absolute atomic E-state index is 0. The molecule has 0 aliphatic carbocycles. The summed E-state index contributed by atoms with van der Waals surface area (Å²) in [4.78, 5) is 3.49. The fourth-order valence-corrected chi connectivity index (χ4v) is 0.553. The van der Waals surface area contributed by atoms with Crippen molar-refractivity contribution in [3.63, 3.8) is 0 Å². The molecule has 0 aromatic carbocycles. The molecule has 0 atom stereocenters. The molecule has 0 unspecified atom stereocenters. The monoisotopic (exact) mass is 196 g/mol. The molecule has 12 heavy (non-hydrogen) atoms. The van der Waals surface area contributed by atoms with Crippen molar-refractivity contribution in [1.29, 1.82) is 0 Å². The highest BCUT2D eigenvalue weighted by molar-refractivity contribution is 5.85. The fourth-order valence-electron chi connectivity index (χ4n) is 0.553. The molecule has 0 amide bonds. The van der Waals surface area contributed by atoms with Gasteiger partial charge in [0.05, 0.1) is 11.9 Å². The van der Waals surface area contributed by atoms with Gasteiger partial charge in [-0.15, -0.1) is 12.4 Å². The van der Waals surface area contributed by atoms with Gasteiger partial charge in [-0.1, -0.05) is 0 Å². The number of alkyl halides is 2. The van der Waals surface area contributed by atoms with E-state index in [0.29, 0.717) is 5.69 Å². The van der Waals surface area contributed by atoms with E-state index in [1.165, 1.54) is 18.3 Å². The zero-order valence-electron chi connectivity index (χ0n) is 5.91. The topological polar surface area (TPSA) is 48.1 Å². The Bertz CT molecular complexity index is 229. The standard InChI is InChI=1S/C6H6F2N2O.ClH/c7-6(8)11-5-2-1-4(9)3-10-5;/h1-3,6H,9H2;1H. The number of aromatic nitrogens is 1. The molecule has 1 aromatic rings. The Hall–Kier alpha value is -1.10. The molecule has 0 saturated carbocycles. The van der Waals surface area contributed by atoms with E-state index in [-0.39, 0.29) is 18.3 Å². The van der Waals surface area contributed by atoms with Gasteiger partial charge in [-0.25, -0.2) is 4.98 Å². The molecule has 1 heterocycles. The number of pyridine rings is 1. The van der Waals surface area contributed by atoms with Gasteiger partial charge in [-0.05, 0) is 6.07 Å². The molecule has 68 valence electrons. The van der Waals surface area contributed by atoms with Crippen molar-refractivity contribution in [2.75, 3.05) is 5.73 Å². The van der Waals surface area contributed by atoms with Crippen molar-refractivity contribution in [3.8, 4) is 5.88 Å². The maximum absolute atomic E-state index is 11.5. The quantitative estimate of drug-likeness (QED) is 0.783. The van der Waals surface area contributed by atoms with Gasteiger partial charge >= 0.3 is 6.61 Å². The third kappa shape index (κ3) is 3.34. The number of anilines is 1. The van der Waals surface area contributed by atoms with Crippen LogP contribution in [0.2, 0.25) is 0 Å². The second-order valence-corrected chi connectivity index (χ2v) is 1.81. The lowest BCUT2D eigenvalue weighted by atomic mass is 10.4. The van der Waals surface area contributed by atoms with Crippen molar-refractivity contribution >= 4 is 18.1 Å². The Kier molecular flexibility index (Phi) is 4.28. The van der Waals surface area contributed by atoms with Crippen LogP contribution in [0.15, 0.2) is 18.3 Å². The van der Waals surface area contributed by atoms with Crippen LogP contribution in [0.5, 0.6) is 5.88 Å². The SMILES string of the molecule is Cl.Nc1ccc(OC(F)F)nc1. The van der Waals surface area contributed by atoms with Gasteiger partial charge in [0, 0.05) is 6.07 Å². The number of halogens is 3. The van der Waals surface area contributed by atoms with E-state index >= 15 is 0 Å². The minimum Gasteiger partial charge on any atom is -0.417 e. The average molecular weight is 197 g/mol. The van der Waals surface area contributed by atoms with Gasteiger partial charge in [-0.3, -0.25) is 0 Å². The van der Waals surface area contributed by atoms with Crippen LogP contribution in [0.3, 0.4) is 0 Å². The first kappa shape index (κ1) is 10.9. The first-order valence-electron chi connectivity index (χ1n) is 2.85. The molecular weight excluding hydrogens is 190 g/mol. The zero-order valence-corrected chi connectivity index (χ0v) is 6.72. The molecule has 0 spiro atoms. The molecule has 0 bridgehead atoms. The van der Waals surface area contributed by atoms with Gasteiger partial charge in [-0.2, -0.15) is 8.78 Å². The Morgan fingerprint density at radius 2 is 2.08 bits per heavy atom. The second kappa shape index (κ2) is 4.71. The molecule has 1 aromatic heterocycles. The average Bonchev–Trinajstić information content (AvgIpc) is 1.93. The molecular formula is C6H7ClF2N2O. The van der Waals surface area contributed by atoms with E-state index < -0.39 is 6.61 Å². The highest BCUT2D eigenvalue weighted by Crippen LogP contribution is 2.10. The molecule has 0 fully saturated rings. The smallest absolute Gasteiger partial charge is 0.388 e. The number of nitrogen functional groups attached to an aromatic ring is 1. The minimum atomic E-state index is -2.84. The Morgan fingerprint density at radius 1 is 1.42 bits per heavy atom. The molecule has 0 radical (unpaired) electrons. The summed E-state index contributed by atoms with van der Waals surface area (Å²) in [6.45, 7) is -2.84. The summed E-state index contributed by atoms with van der Waals surface area (Å²) >= 11 is 0. The number of hydrogen-bond donors (Lipinski definition) is 1. The Balaban J connectivity index is 0.00000121. The van der Waals surface area contributed by atoms with E-state index in [1.807, 2.05) is 0 Å². The first-order valence-corrected chi connectivity index (χ1v) is 2.85. The lowest BCUT2D eigenvalue weighted by Gasteiger charge is -2.01. The number of ether oxygens (including phenoxy) is 1. The lowest BCUT2D eigenvalue weighted by molar-refractivity contribution is -0.0528. The van der Waals surface area contributed by atoms with Gasteiger partial charge < -0.3 is 10.5 Å². The summed E-state index contributed by atoms with van der Waals surface area (Å²) in [5.41, 5.74) is 5.66. The van der Waals surface area contributed by atoms with Gasteiger partial charge in [0.2, 0.25) is 5.88 Å². The van der Waals surface area contributed by atoms with Crippen LogP contribution < -0.4 is 10.5 Å². The van der Waals surface area contributed by atoms with Crippen molar-refractivity contribution in [3.05, 3.63) is 18.3 Å². The number of nitrogens with zero attached hydrogens (tertiary/aromatic N) is 1. The van der Waals surface area contributed by atoms with Crippen LogP contribution in [0, 0.1) is 0 Å². The highest BCUT2D eigenvalue weighted by Gasteiger charge is 2.03. The van der Waals surface area contributed by atoms with E-state index in [4.69, 9.17) is 5.73 Å². The summed E-state index contributed by atoms with van der Waals surface area (Å²) in [5.74, 6) is -0.130. The predicted octanol–water partition coefficient (Wildman–Crippen LogP) is 1.69. The van der Waals surface area contributed by atoms with Crippen LogP contribution >= 0.6 is 12.4 Å². The van der Waals surface area contributed by atoms with Crippen molar-refractivity contribution in [2.45, 2.75) is 6.61 Å². The van der Waals surface area contributed by atoms with Crippen LogP contribution in [-0.2, 0) is 0 Å². The zero-order chi connectivity index (χ0) is 8.27. The predicted molar refractivity (Wildman–Crippen MR) is 42.5 cm³/mol. The summed E-state index contributed by atoms with van der Waals surface area (Å²) in [7, 11) is 0. The molecule has 0 saturated heterocycles. The molecule has 6 heteroatoms. The first-order chi connectivity index (χ1) is 5.18. The molecule has 0 aliphatic rings. The van der Waals surface area contributed by atoms with E-state index in [0.717, 1.165) is 0 Å². The van der Waals surface area contributed by atoms with E-state index in [2.05, 4.69) is 9.72 Å². The van der Waals surface area contributed by atoms with Crippen LogP contribution in [0.25, 0.3) is 0 Å². The van der Waals surface area contributed by atoms with Crippen molar-refractivity contribution in [1.82, 2.24) is 4.98 Å². The van der Waals surface area contributed by atoms with Crippen LogP contribution in [-0.4, -0.2) is 11.6 Å². The molecule has 0 aliphatic heterocycles. The molecule has 3 nitrogen and oxygen atoms in total. The number of nitrogens with two attached hydrogens (primary N) is 1. The number of rotatable bonds is 2. The Morgan fingerprint density at radius 3 is 2.50 bits per heavy atom. The summed E-state index contributed by atoms with van der Waals surface area (Å²) in [5, 5.41) is 0. The van der Waals surface area contributed by atoms with Crippen molar-refractivity contribution in [2.24, 2.45) is 0 Å². The normalized spacial score (nSPS) is 9.25. The van der Waals surface area contributed by atoms with Crippen LogP contribution in [0.4, 0.5) is 14.5 Å². The third-order valence-corrected chi connectivity index (χ3v) is 0.969. The third-order valence-electron chi connectivity index (χ3n) is 0.969. The second-order valence-electron chi connectivity index (χ2n) is 1.81. The summed E-state index contributed by atoms with van der Waals surface area (Å²) < 4.78 is 27.0. The Labute approximate surface area is 74.0 Å². The summed E-state index contributed by atoms with van der Waals surface area (Å²) in [6, 6.07) is 2.71. The maximum atomic E-state index is 11.5. The maximum Gasteiger partial charge on any atom is 0.388 e. The van der Waals surface area contributed by atoms with Gasteiger partial charge in [0.15, 0.2) is 0 Å². The van der Waals surface area contributed by atoms with Crippen molar-refractivity contribution < 1.29 is 13.5 Å². The van der Waals surface area contributed by atoms with Gasteiger partial charge in [0.1, 0.15) is 0 Å². The fraction of sp³-hybridized carbons (Fsp3) is 0.167. The van der Waals surface area contributed by atoms with Crippen LogP contribution in [0.1, 0.15) is 0 Å². The summed E-state index contributed by atoms with van der Waals surface area (Å²) in [6.07, 6.45) is 1.25. The van der Waals surface area contributed by atoms with Gasteiger partial charge in [0.25, 0.3) is 0 Å². The highest BCUT2D eigenvalue weighted by atomic mass is 35.5. The number of hydrogen-bond acceptors (Lipinski definition) is 3. The molecule has 1 rings (SSSR count).